The Morgan fingerprint density at radius 2 is 2.00 bits per heavy atom. The van der Waals surface area contributed by atoms with Crippen molar-refractivity contribution in [2.24, 2.45) is 5.73 Å². The third kappa shape index (κ3) is 4.19. The molecule has 0 atom stereocenters. The van der Waals surface area contributed by atoms with E-state index in [-0.39, 0.29) is 12.2 Å². The predicted octanol–water partition coefficient (Wildman–Crippen LogP) is 1.42. The SMILES string of the molecule is NC(=O)COc1cccc(NC(=O)c2ccc([N+](=O)[O-])c(O)c2)c1. The Balaban J connectivity index is 2.12. The van der Waals surface area contributed by atoms with Gasteiger partial charge in [0.1, 0.15) is 5.75 Å². The number of anilines is 1. The minimum Gasteiger partial charge on any atom is -0.502 e. The van der Waals surface area contributed by atoms with Crippen molar-refractivity contribution in [3.8, 4) is 11.5 Å². The minimum atomic E-state index is -0.753. The molecule has 0 heterocycles. The van der Waals surface area contributed by atoms with Gasteiger partial charge in [-0.2, -0.15) is 0 Å². The number of nitrogens with two attached hydrogens (primary N) is 1. The monoisotopic (exact) mass is 331 g/mol. The number of nitro benzene ring substituents is 1. The van der Waals surface area contributed by atoms with E-state index in [1.807, 2.05) is 0 Å². The maximum Gasteiger partial charge on any atom is 0.310 e. The number of nitrogens with zero attached hydrogens (tertiary/aromatic N) is 1. The highest BCUT2D eigenvalue weighted by molar-refractivity contribution is 6.04. The van der Waals surface area contributed by atoms with Crippen molar-refractivity contribution in [2.75, 3.05) is 11.9 Å². The number of aromatic hydroxyl groups is 1. The van der Waals surface area contributed by atoms with Gasteiger partial charge in [-0.3, -0.25) is 19.7 Å². The fourth-order valence-corrected chi connectivity index (χ4v) is 1.84. The molecule has 0 spiro atoms. The zero-order chi connectivity index (χ0) is 17.7. The molecule has 0 saturated carbocycles. The van der Waals surface area contributed by atoms with E-state index in [1.54, 1.807) is 18.2 Å². The summed E-state index contributed by atoms with van der Waals surface area (Å²) in [6, 6.07) is 9.50. The molecule has 0 saturated heterocycles. The van der Waals surface area contributed by atoms with E-state index in [1.165, 1.54) is 12.1 Å². The normalized spacial score (nSPS) is 10.0. The minimum absolute atomic E-state index is 0.0431. The number of nitrogens with one attached hydrogen (secondary N) is 1. The first kappa shape index (κ1) is 16.7. The van der Waals surface area contributed by atoms with Crippen molar-refractivity contribution in [1.29, 1.82) is 0 Å². The second-order valence-electron chi connectivity index (χ2n) is 4.70. The van der Waals surface area contributed by atoms with Gasteiger partial charge in [0.15, 0.2) is 12.4 Å². The van der Waals surface area contributed by atoms with Gasteiger partial charge in [0.05, 0.1) is 4.92 Å². The summed E-state index contributed by atoms with van der Waals surface area (Å²) in [5.74, 6) is -1.48. The van der Waals surface area contributed by atoms with Crippen LogP contribution in [-0.2, 0) is 4.79 Å². The first-order chi connectivity index (χ1) is 11.4. The number of primary amides is 1. The average molecular weight is 331 g/mol. The lowest BCUT2D eigenvalue weighted by Crippen LogP contribution is -2.20. The molecule has 0 radical (unpaired) electrons. The molecule has 2 aromatic carbocycles. The molecular weight excluding hydrogens is 318 g/mol. The first-order valence-corrected chi connectivity index (χ1v) is 6.67. The molecule has 124 valence electrons. The molecule has 0 aromatic heterocycles. The summed E-state index contributed by atoms with van der Waals surface area (Å²) in [5, 5.41) is 22.7. The van der Waals surface area contributed by atoms with Crippen molar-refractivity contribution in [3.63, 3.8) is 0 Å². The number of hydrogen-bond acceptors (Lipinski definition) is 6. The number of hydrogen-bond donors (Lipinski definition) is 3. The van der Waals surface area contributed by atoms with E-state index in [0.29, 0.717) is 11.4 Å². The third-order valence-electron chi connectivity index (χ3n) is 2.91. The highest BCUT2D eigenvalue weighted by atomic mass is 16.6. The van der Waals surface area contributed by atoms with E-state index in [2.05, 4.69) is 5.32 Å². The molecule has 2 amide bonds. The molecule has 2 rings (SSSR count). The van der Waals surface area contributed by atoms with Gasteiger partial charge in [-0.1, -0.05) is 6.07 Å². The Bertz CT molecular complexity index is 806. The van der Waals surface area contributed by atoms with Crippen LogP contribution in [0.25, 0.3) is 0 Å². The lowest BCUT2D eigenvalue weighted by Gasteiger charge is -2.08. The molecule has 0 aliphatic heterocycles. The van der Waals surface area contributed by atoms with Crippen molar-refractivity contribution in [2.45, 2.75) is 0 Å². The Labute approximate surface area is 135 Å². The van der Waals surface area contributed by atoms with Gasteiger partial charge in [-0.25, -0.2) is 0 Å². The van der Waals surface area contributed by atoms with Crippen molar-refractivity contribution in [1.82, 2.24) is 0 Å². The Morgan fingerprint density at radius 3 is 2.62 bits per heavy atom. The predicted molar refractivity (Wildman–Crippen MR) is 83.8 cm³/mol. The van der Waals surface area contributed by atoms with E-state index in [9.17, 15) is 24.8 Å². The molecule has 0 unspecified atom stereocenters. The second-order valence-corrected chi connectivity index (χ2v) is 4.70. The quantitative estimate of drug-likeness (QED) is 0.539. The van der Waals surface area contributed by atoms with Crippen LogP contribution in [-0.4, -0.2) is 28.5 Å². The summed E-state index contributed by atoms with van der Waals surface area (Å²) in [6.45, 7) is -0.298. The second kappa shape index (κ2) is 7.09. The zero-order valence-electron chi connectivity index (χ0n) is 12.3. The molecule has 0 aliphatic carbocycles. The average Bonchev–Trinajstić information content (AvgIpc) is 2.52. The highest BCUT2D eigenvalue weighted by Crippen LogP contribution is 2.26. The van der Waals surface area contributed by atoms with Crippen LogP contribution in [0.5, 0.6) is 11.5 Å². The van der Waals surface area contributed by atoms with Crippen molar-refractivity contribution < 1.29 is 24.4 Å². The number of phenolic OH excluding ortho intramolecular Hbond substituents is 1. The van der Waals surface area contributed by atoms with Crippen LogP contribution in [0.1, 0.15) is 10.4 Å². The van der Waals surface area contributed by atoms with Gasteiger partial charge >= 0.3 is 5.69 Å². The molecule has 0 fully saturated rings. The van der Waals surface area contributed by atoms with Gasteiger partial charge in [-0.15, -0.1) is 0 Å². The topological polar surface area (TPSA) is 145 Å². The highest BCUT2D eigenvalue weighted by Gasteiger charge is 2.16. The fraction of sp³-hybridized carbons (Fsp3) is 0.0667. The summed E-state index contributed by atoms with van der Waals surface area (Å²) in [7, 11) is 0. The van der Waals surface area contributed by atoms with Gasteiger partial charge in [0, 0.05) is 23.4 Å². The smallest absolute Gasteiger partial charge is 0.310 e. The van der Waals surface area contributed by atoms with Gasteiger partial charge < -0.3 is 20.9 Å². The third-order valence-corrected chi connectivity index (χ3v) is 2.91. The molecule has 24 heavy (non-hydrogen) atoms. The van der Waals surface area contributed by atoms with Crippen molar-refractivity contribution >= 4 is 23.2 Å². The molecule has 9 heteroatoms. The molecule has 0 aliphatic rings. The summed E-state index contributed by atoms with van der Waals surface area (Å²) in [6.07, 6.45) is 0. The van der Waals surface area contributed by atoms with Gasteiger partial charge in [0.25, 0.3) is 11.8 Å². The number of rotatable bonds is 6. The van der Waals surface area contributed by atoms with E-state index < -0.39 is 28.2 Å². The first-order valence-electron chi connectivity index (χ1n) is 6.67. The summed E-state index contributed by atoms with van der Waals surface area (Å²) < 4.78 is 5.12. The van der Waals surface area contributed by atoms with Crippen molar-refractivity contribution in [3.05, 3.63) is 58.1 Å². The molecule has 2 aromatic rings. The van der Waals surface area contributed by atoms with Crippen LogP contribution in [0.4, 0.5) is 11.4 Å². The molecule has 0 bridgehead atoms. The van der Waals surface area contributed by atoms with Crippen LogP contribution >= 0.6 is 0 Å². The van der Waals surface area contributed by atoms with Gasteiger partial charge in [0.2, 0.25) is 0 Å². The number of nitro groups is 1. The van der Waals surface area contributed by atoms with Crippen LogP contribution < -0.4 is 15.8 Å². The number of benzene rings is 2. The summed E-state index contributed by atoms with van der Waals surface area (Å²) in [4.78, 5) is 32.7. The molecular formula is C15H13N3O6. The number of phenols is 1. The molecule has 9 nitrogen and oxygen atoms in total. The fourth-order valence-electron chi connectivity index (χ4n) is 1.84. The Morgan fingerprint density at radius 1 is 1.25 bits per heavy atom. The molecule has 4 N–H and O–H groups in total. The van der Waals surface area contributed by atoms with Crippen LogP contribution in [0, 0.1) is 10.1 Å². The lowest BCUT2D eigenvalue weighted by molar-refractivity contribution is -0.385. The standard InChI is InChI=1S/C15H13N3O6/c16-14(20)8-24-11-3-1-2-10(7-11)17-15(21)9-4-5-12(18(22)23)13(19)6-9/h1-7,19H,8H2,(H2,16,20)(H,17,21). The van der Waals surface area contributed by atoms with E-state index >= 15 is 0 Å². The summed E-state index contributed by atoms with van der Waals surface area (Å²) >= 11 is 0. The largest absolute Gasteiger partial charge is 0.502 e. The number of carbonyl (C=O) groups excluding carboxylic acids is 2. The Kier molecular flexibility index (Phi) is 4.95. The number of amides is 2. The summed E-state index contributed by atoms with van der Waals surface area (Å²) in [5.41, 5.74) is 4.90. The number of carbonyl (C=O) groups is 2. The van der Waals surface area contributed by atoms with Gasteiger partial charge in [-0.05, 0) is 24.3 Å². The van der Waals surface area contributed by atoms with Crippen LogP contribution in [0.3, 0.4) is 0 Å². The maximum absolute atomic E-state index is 12.1. The zero-order valence-corrected chi connectivity index (χ0v) is 12.3. The van der Waals surface area contributed by atoms with E-state index in [0.717, 1.165) is 12.1 Å². The van der Waals surface area contributed by atoms with E-state index in [4.69, 9.17) is 10.5 Å². The maximum atomic E-state index is 12.1. The van der Waals surface area contributed by atoms with Crippen LogP contribution in [0.2, 0.25) is 0 Å². The van der Waals surface area contributed by atoms with Crippen LogP contribution in [0.15, 0.2) is 42.5 Å². The Hall–Kier alpha value is -3.62. The number of ether oxygens (including phenoxy) is 1. The lowest BCUT2D eigenvalue weighted by atomic mass is 10.1.